The van der Waals surface area contributed by atoms with Crippen LogP contribution in [0.4, 0.5) is 5.69 Å². The fourth-order valence-corrected chi connectivity index (χ4v) is 1.39. The number of anilines is 1. The van der Waals surface area contributed by atoms with Gasteiger partial charge in [-0.2, -0.15) is 5.10 Å². The normalized spacial score (nSPS) is 10.4. The van der Waals surface area contributed by atoms with Crippen LogP contribution in [0.1, 0.15) is 11.4 Å². The molecular formula is C10H12N4. The first-order valence-electron chi connectivity index (χ1n) is 4.42. The van der Waals surface area contributed by atoms with E-state index in [4.69, 9.17) is 5.73 Å². The summed E-state index contributed by atoms with van der Waals surface area (Å²) in [6.45, 7) is 3.84. The van der Waals surface area contributed by atoms with Crippen molar-refractivity contribution in [2.24, 2.45) is 0 Å². The highest BCUT2D eigenvalue weighted by atomic mass is 15.3. The van der Waals surface area contributed by atoms with Crippen molar-refractivity contribution in [1.29, 1.82) is 0 Å². The lowest BCUT2D eigenvalue weighted by atomic mass is 10.3. The summed E-state index contributed by atoms with van der Waals surface area (Å²) in [5, 5.41) is 4.33. The van der Waals surface area contributed by atoms with Crippen LogP contribution in [0.2, 0.25) is 0 Å². The lowest BCUT2D eigenvalue weighted by Gasteiger charge is -2.02. The van der Waals surface area contributed by atoms with Gasteiger partial charge in [-0.05, 0) is 26.0 Å². The molecule has 0 aliphatic heterocycles. The van der Waals surface area contributed by atoms with E-state index in [1.807, 2.05) is 26.0 Å². The average Bonchev–Trinajstić information content (AvgIpc) is 2.47. The molecule has 2 aromatic rings. The van der Waals surface area contributed by atoms with Crippen LogP contribution in [0, 0.1) is 13.8 Å². The maximum absolute atomic E-state index is 5.84. The molecule has 2 N–H and O–H groups in total. The fourth-order valence-electron chi connectivity index (χ4n) is 1.39. The van der Waals surface area contributed by atoms with Gasteiger partial charge in [0.2, 0.25) is 0 Å². The van der Waals surface area contributed by atoms with Crippen LogP contribution in [0.3, 0.4) is 0 Å². The van der Waals surface area contributed by atoms with Crippen molar-refractivity contribution in [3.8, 4) is 5.69 Å². The van der Waals surface area contributed by atoms with Crippen molar-refractivity contribution in [2.45, 2.75) is 13.8 Å². The molecule has 0 atom stereocenters. The molecule has 2 rings (SSSR count). The zero-order valence-electron chi connectivity index (χ0n) is 8.23. The second-order valence-corrected chi connectivity index (χ2v) is 3.21. The minimum Gasteiger partial charge on any atom is -0.396 e. The highest BCUT2D eigenvalue weighted by Crippen LogP contribution is 2.18. The maximum atomic E-state index is 5.84. The van der Waals surface area contributed by atoms with Gasteiger partial charge in [-0.3, -0.25) is 4.98 Å². The van der Waals surface area contributed by atoms with Crippen LogP contribution in [0.5, 0.6) is 0 Å². The number of aryl methyl sites for hydroxylation is 1. The summed E-state index contributed by atoms with van der Waals surface area (Å²) in [7, 11) is 0. The standard InChI is InChI=1S/C10H12N4/c1-7-10(11)8(2)14(13-7)9-4-3-5-12-6-9/h3-6H,11H2,1-2H3. The molecule has 0 saturated heterocycles. The second kappa shape index (κ2) is 3.14. The van der Waals surface area contributed by atoms with Crippen molar-refractivity contribution in [3.05, 3.63) is 35.9 Å². The van der Waals surface area contributed by atoms with E-state index in [1.54, 1.807) is 17.1 Å². The van der Waals surface area contributed by atoms with Gasteiger partial charge in [0.15, 0.2) is 0 Å². The molecule has 0 unspecified atom stereocenters. The van der Waals surface area contributed by atoms with Gasteiger partial charge in [0.05, 0.1) is 29.0 Å². The minimum atomic E-state index is 0.744. The molecule has 72 valence electrons. The van der Waals surface area contributed by atoms with E-state index in [9.17, 15) is 0 Å². The first-order chi connectivity index (χ1) is 6.70. The van der Waals surface area contributed by atoms with E-state index in [0.717, 1.165) is 22.8 Å². The van der Waals surface area contributed by atoms with Crippen LogP contribution in [0.25, 0.3) is 5.69 Å². The highest BCUT2D eigenvalue weighted by Gasteiger charge is 2.08. The smallest absolute Gasteiger partial charge is 0.0832 e. The summed E-state index contributed by atoms with van der Waals surface area (Å²) < 4.78 is 1.80. The molecule has 0 saturated carbocycles. The molecule has 0 radical (unpaired) electrons. The molecule has 14 heavy (non-hydrogen) atoms. The summed E-state index contributed by atoms with van der Waals surface area (Å²) in [6.07, 6.45) is 3.50. The van der Waals surface area contributed by atoms with Gasteiger partial charge in [-0.25, -0.2) is 4.68 Å². The number of nitrogen functional groups attached to an aromatic ring is 1. The van der Waals surface area contributed by atoms with Crippen LogP contribution in [0.15, 0.2) is 24.5 Å². The molecule has 0 aliphatic rings. The van der Waals surface area contributed by atoms with E-state index in [1.165, 1.54) is 0 Å². The summed E-state index contributed by atoms with van der Waals surface area (Å²) in [6, 6.07) is 3.83. The topological polar surface area (TPSA) is 56.7 Å². The third-order valence-corrected chi connectivity index (χ3v) is 2.24. The maximum Gasteiger partial charge on any atom is 0.0832 e. The average molecular weight is 188 g/mol. The number of hydrogen-bond donors (Lipinski definition) is 1. The third-order valence-electron chi connectivity index (χ3n) is 2.24. The van der Waals surface area contributed by atoms with E-state index >= 15 is 0 Å². The number of hydrogen-bond acceptors (Lipinski definition) is 3. The Morgan fingerprint density at radius 2 is 2.14 bits per heavy atom. The monoisotopic (exact) mass is 188 g/mol. The van der Waals surface area contributed by atoms with Crippen LogP contribution in [-0.2, 0) is 0 Å². The fraction of sp³-hybridized carbons (Fsp3) is 0.200. The summed E-state index contributed by atoms with van der Waals surface area (Å²) in [5.41, 5.74) is 9.32. The Hall–Kier alpha value is -1.84. The van der Waals surface area contributed by atoms with Crippen LogP contribution in [-0.4, -0.2) is 14.8 Å². The van der Waals surface area contributed by atoms with E-state index in [2.05, 4.69) is 10.1 Å². The molecular weight excluding hydrogens is 176 g/mol. The first-order valence-corrected chi connectivity index (χ1v) is 4.42. The lowest BCUT2D eigenvalue weighted by Crippen LogP contribution is -1.99. The first kappa shape index (κ1) is 8.74. The largest absolute Gasteiger partial charge is 0.396 e. The van der Waals surface area contributed by atoms with Crippen LogP contribution < -0.4 is 5.73 Å². The molecule has 0 amide bonds. The second-order valence-electron chi connectivity index (χ2n) is 3.21. The Morgan fingerprint density at radius 3 is 2.64 bits per heavy atom. The number of nitrogens with two attached hydrogens (primary N) is 1. The van der Waals surface area contributed by atoms with E-state index in [0.29, 0.717) is 0 Å². The van der Waals surface area contributed by atoms with Crippen molar-refractivity contribution in [3.63, 3.8) is 0 Å². The molecule has 0 aliphatic carbocycles. The highest BCUT2D eigenvalue weighted by molar-refractivity contribution is 5.50. The Balaban J connectivity index is 2.58. The third kappa shape index (κ3) is 1.25. The molecule has 0 aromatic carbocycles. The van der Waals surface area contributed by atoms with Crippen molar-refractivity contribution in [1.82, 2.24) is 14.8 Å². The number of rotatable bonds is 1. The Labute approximate surface area is 82.4 Å². The molecule has 4 heteroatoms. The summed E-state index contributed by atoms with van der Waals surface area (Å²) >= 11 is 0. The van der Waals surface area contributed by atoms with Crippen molar-refractivity contribution in [2.75, 3.05) is 5.73 Å². The molecule has 0 bridgehead atoms. The van der Waals surface area contributed by atoms with Gasteiger partial charge in [0, 0.05) is 6.20 Å². The number of pyridine rings is 1. The predicted octanol–water partition coefficient (Wildman–Crippen LogP) is 1.47. The number of nitrogens with zero attached hydrogens (tertiary/aromatic N) is 3. The van der Waals surface area contributed by atoms with Gasteiger partial charge < -0.3 is 5.73 Å². The van der Waals surface area contributed by atoms with Gasteiger partial charge >= 0.3 is 0 Å². The lowest BCUT2D eigenvalue weighted by molar-refractivity contribution is 0.829. The molecule has 0 spiro atoms. The van der Waals surface area contributed by atoms with Gasteiger partial charge in [0.25, 0.3) is 0 Å². The number of aromatic nitrogens is 3. The van der Waals surface area contributed by atoms with Crippen molar-refractivity contribution < 1.29 is 0 Å². The molecule has 2 aromatic heterocycles. The predicted molar refractivity (Wildman–Crippen MR) is 55.2 cm³/mol. The molecule has 0 fully saturated rings. The minimum absolute atomic E-state index is 0.744. The Kier molecular flexibility index (Phi) is 1.96. The zero-order valence-corrected chi connectivity index (χ0v) is 8.23. The summed E-state index contributed by atoms with van der Waals surface area (Å²) in [5.74, 6) is 0. The van der Waals surface area contributed by atoms with E-state index in [-0.39, 0.29) is 0 Å². The summed E-state index contributed by atoms with van der Waals surface area (Å²) in [4.78, 5) is 4.04. The molecule has 2 heterocycles. The quantitative estimate of drug-likeness (QED) is 0.737. The van der Waals surface area contributed by atoms with E-state index < -0.39 is 0 Å². The zero-order chi connectivity index (χ0) is 10.1. The van der Waals surface area contributed by atoms with Crippen LogP contribution >= 0.6 is 0 Å². The van der Waals surface area contributed by atoms with Gasteiger partial charge in [-0.1, -0.05) is 0 Å². The Bertz CT molecular complexity index is 445. The SMILES string of the molecule is Cc1nn(-c2cccnc2)c(C)c1N. The van der Waals surface area contributed by atoms with Gasteiger partial charge in [-0.15, -0.1) is 0 Å². The van der Waals surface area contributed by atoms with Crippen molar-refractivity contribution >= 4 is 5.69 Å². The van der Waals surface area contributed by atoms with Gasteiger partial charge in [0.1, 0.15) is 0 Å². The Morgan fingerprint density at radius 1 is 1.36 bits per heavy atom. The molecule has 4 nitrogen and oxygen atoms in total.